The maximum atomic E-state index is 13.7. The van der Waals surface area contributed by atoms with Crippen LogP contribution < -0.4 is 0 Å². The molecule has 0 saturated carbocycles. The van der Waals surface area contributed by atoms with Crippen LogP contribution in [-0.4, -0.2) is 54.2 Å². The van der Waals surface area contributed by atoms with Gasteiger partial charge in [-0.1, -0.05) is 25.1 Å². The molecular weight excluding hydrogens is 255 g/mol. The van der Waals surface area contributed by atoms with Gasteiger partial charge >= 0.3 is 0 Å². The molecule has 20 heavy (non-hydrogen) atoms. The fourth-order valence-corrected chi connectivity index (χ4v) is 2.84. The Hall–Kier alpha value is -0.970. The Balaban J connectivity index is 1.88. The lowest BCUT2D eigenvalue weighted by atomic mass is 10.1. The van der Waals surface area contributed by atoms with Crippen LogP contribution in [0.3, 0.4) is 0 Å². The van der Waals surface area contributed by atoms with Crippen molar-refractivity contribution in [2.45, 2.75) is 25.9 Å². The van der Waals surface area contributed by atoms with E-state index in [-0.39, 0.29) is 5.82 Å². The first kappa shape index (κ1) is 15.4. The summed E-state index contributed by atoms with van der Waals surface area (Å²) in [6.07, 6.45) is 1.55. The van der Waals surface area contributed by atoms with E-state index in [1.807, 2.05) is 0 Å². The van der Waals surface area contributed by atoms with Crippen LogP contribution in [0.25, 0.3) is 0 Å². The average molecular weight is 280 g/mol. The molecule has 1 N–H and O–H groups in total. The van der Waals surface area contributed by atoms with E-state index in [0.29, 0.717) is 12.1 Å². The van der Waals surface area contributed by atoms with E-state index in [0.717, 1.165) is 39.1 Å². The van der Waals surface area contributed by atoms with Crippen LogP contribution in [0.2, 0.25) is 0 Å². The lowest BCUT2D eigenvalue weighted by Gasteiger charge is -2.24. The van der Waals surface area contributed by atoms with Gasteiger partial charge in [0.1, 0.15) is 5.82 Å². The number of halogens is 1. The third-order valence-electron chi connectivity index (χ3n) is 3.92. The van der Waals surface area contributed by atoms with E-state index in [2.05, 4.69) is 16.7 Å². The van der Waals surface area contributed by atoms with Gasteiger partial charge in [-0.25, -0.2) is 4.39 Å². The van der Waals surface area contributed by atoms with Crippen LogP contribution in [0.5, 0.6) is 0 Å². The molecular formula is C16H25FN2O. The molecule has 1 unspecified atom stereocenters. The standard InChI is InChI=1S/C16H25FN2O/c1-2-8-18-9-5-10-19(12-11-18)13-16(20)14-6-3-4-7-15(14)17/h3-4,6-7,16,20H,2,5,8-13H2,1H3. The predicted molar refractivity (Wildman–Crippen MR) is 79.1 cm³/mol. The summed E-state index contributed by atoms with van der Waals surface area (Å²) >= 11 is 0. The molecule has 112 valence electrons. The van der Waals surface area contributed by atoms with Crippen molar-refractivity contribution >= 4 is 0 Å². The van der Waals surface area contributed by atoms with E-state index in [4.69, 9.17) is 0 Å². The Labute approximate surface area is 121 Å². The second kappa shape index (κ2) is 7.72. The summed E-state index contributed by atoms with van der Waals surface area (Å²) in [6, 6.07) is 6.50. The largest absolute Gasteiger partial charge is 0.387 e. The van der Waals surface area contributed by atoms with Crippen molar-refractivity contribution in [2.75, 3.05) is 39.3 Å². The monoisotopic (exact) mass is 280 g/mol. The SMILES string of the molecule is CCCN1CCCN(CC(O)c2ccccc2F)CC1. The van der Waals surface area contributed by atoms with Crippen LogP contribution in [-0.2, 0) is 0 Å². The number of β-amino-alcohol motifs (C(OH)–C–C–N with tert-alkyl or cyclic N) is 1. The molecule has 1 atom stereocenters. The molecule has 0 aromatic heterocycles. The molecule has 0 aliphatic carbocycles. The summed E-state index contributed by atoms with van der Waals surface area (Å²) in [7, 11) is 0. The first-order chi connectivity index (χ1) is 9.70. The van der Waals surface area contributed by atoms with Crippen LogP contribution in [0.4, 0.5) is 4.39 Å². The third kappa shape index (κ3) is 4.27. The lowest BCUT2D eigenvalue weighted by Crippen LogP contribution is -2.33. The number of hydrogen-bond donors (Lipinski definition) is 1. The normalized spacial score (nSPS) is 19.8. The zero-order chi connectivity index (χ0) is 14.4. The van der Waals surface area contributed by atoms with Gasteiger partial charge in [-0.3, -0.25) is 4.90 Å². The molecule has 1 saturated heterocycles. The summed E-state index contributed by atoms with van der Waals surface area (Å²) in [5.74, 6) is -0.317. The van der Waals surface area contributed by atoms with Crippen LogP contribution in [0.15, 0.2) is 24.3 Å². The van der Waals surface area contributed by atoms with Crippen molar-refractivity contribution < 1.29 is 9.50 Å². The van der Waals surface area contributed by atoms with E-state index < -0.39 is 6.10 Å². The molecule has 0 bridgehead atoms. The van der Waals surface area contributed by atoms with Crippen molar-refractivity contribution in [3.63, 3.8) is 0 Å². The van der Waals surface area contributed by atoms with Gasteiger partial charge in [-0.15, -0.1) is 0 Å². The Morgan fingerprint density at radius 2 is 1.85 bits per heavy atom. The molecule has 2 rings (SSSR count). The molecule has 3 nitrogen and oxygen atoms in total. The number of nitrogens with zero attached hydrogens (tertiary/aromatic N) is 2. The quantitative estimate of drug-likeness (QED) is 0.896. The zero-order valence-electron chi connectivity index (χ0n) is 12.3. The summed E-state index contributed by atoms with van der Waals surface area (Å²) < 4.78 is 13.7. The molecule has 0 radical (unpaired) electrons. The number of hydrogen-bond acceptors (Lipinski definition) is 3. The van der Waals surface area contributed by atoms with Gasteiger partial charge in [0.25, 0.3) is 0 Å². The highest BCUT2D eigenvalue weighted by molar-refractivity contribution is 5.20. The highest BCUT2D eigenvalue weighted by atomic mass is 19.1. The van der Waals surface area contributed by atoms with Gasteiger partial charge in [0.2, 0.25) is 0 Å². The molecule has 4 heteroatoms. The van der Waals surface area contributed by atoms with Gasteiger partial charge in [0.15, 0.2) is 0 Å². The summed E-state index contributed by atoms with van der Waals surface area (Å²) in [5, 5.41) is 10.2. The van der Waals surface area contributed by atoms with Crippen molar-refractivity contribution in [3.8, 4) is 0 Å². The van der Waals surface area contributed by atoms with Crippen LogP contribution in [0.1, 0.15) is 31.4 Å². The summed E-state index contributed by atoms with van der Waals surface area (Å²) in [4.78, 5) is 4.71. The fraction of sp³-hybridized carbons (Fsp3) is 0.625. The van der Waals surface area contributed by atoms with Crippen molar-refractivity contribution in [2.24, 2.45) is 0 Å². The van der Waals surface area contributed by atoms with Gasteiger partial charge in [0.05, 0.1) is 6.10 Å². The van der Waals surface area contributed by atoms with Crippen LogP contribution >= 0.6 is 0 Å². The van der Waals surface area contributed by atoms with Crippen molar-refractivity contribution in [1.82, 2.24) is 9.80 Å². The highest BCUT2D eigenvalue weighted by Gasteiger charge is 2.19. The number of benzene rings is 1. The summed E-state index contributed by atoms with van der Waals surface area (Å²) in [5.41, 5.74) is 0.405. The second-order valence-corrected chi connectivity index (χ2v) is 5.53. The molecule has 1 aromatic rings. The Morgan fingerprint density at radius 3 is 2.60 bits per heavy atom. The van der Waals surface area contributed by atoms with Gasteiger partial charge < -0.3 is 10.0 Å². The van der Waals surface area contributed by atoms with Crippen molar-refractivity contribution in [3.05, 3.63) is 35.6 Å². The Kier molecular flexibility index (Phi) is 5.95. The molecule has 0 spiro atoms. The highest BCUT2D eigenvalue weighted by Crippen LogP contribution is 2.18. The molecule has 1 fully saturated rings. The predicted octanol–water partition coefficient (Wildman–Crippen LogP) is 2.28. The fourth-order valence-electron chi connectivity index (χ4n) is 2.84. The minimum atomic E-state index is -0.742. The van der Waals surface area contributed by atoms with Crippen molar-refractivity contribution in [1.29, 1.82) is 0 Å². The maximum Gasteiger partial charge on any atom is 0.129 e. The molecule has 0 amide bonds. The minimum Gasteiger partial charge on any atom is -0.387 e. The van der Waals surface area contributed by atoms with Crippen LogP contribution in [0, 0.1) is 5.82 Å². The number of rotatable bonds is 5. The maximum absolute atomic E-state index is 13.7. The third-order valence-corrected chi connectivity index (χ3v) is 3.92. The van der Waals surface area contributed by atoms with Gasteiger partial charge in [-0.2, -0.15) is 0 Å². The summed E-state index contributed by atoms with van der Waals surface area (Å²) in [6.45, 7) is 7.95. The second-order valence-electron chi connectivity index (χ2n) is 5.53. The van der Waals surface area contributed by atoms with E-state index in [1.54, 1.807) is 18.2 Å². The Morgan fingerprint density at radius 1 is 1.15 bits per heavy atom. The first-order valence-electron chi connectivity index (χ1n) is 7.58. The molecule has 1 aliphatic rings. The minimum absolute atomic E-state index is 0.317. The number of aliphatic hydroxyl groups excluding tert-OH is 1. The average Bonchev–Trinajstić information content (AvgIpc) is 2.65. The van der Waals surface area contributed by atoms with E-state index in [9.17, 15) is 9.50 Å². The Bertz CT molecular complexity index is 413. The first-order valence-corrected chi connectivity index (χ1v) is 7.58. The smallest absolute Gasteiger partial charge is 0.129 e. The molecule has 1 aromatic carbocycles. The van der Waals surface area contributed by atoms with Gasteiger partial charge in [-0.05, 0) is 38.5 Å². The topological polar surface area (TPSA) is 26.7 Å². The zero-order valence-corrected chi connectivity index (χ0v) is 12.3. The molecule has 1 heterocycles. The van der Waals surface area contributed by atoms with E-state index in [1.165, 1.54) is 12.5 Å². The molecule has 1 aliphatic heterocycles. The number of aliphatic hydroxyl groups is 1. The lowest BCUT2D eigenvalue weighted by molar-refractivity contribution is 0.111. The van der Waals surface area contributed by atoms with Gasteiger partial charge in [0, 0.05) is 25.2 Å². The van der Waals surface area contributed by atoms with E-state index >= 15 is 0 Å².